The molecule has 1 aliphatic rings. The summed E-state index contributed by atoms with van der Waals surface area (Å²) in [6.07, 6.45) is 7.60. The van der Waals surface area contributed by atoms with Gasteiger partial charge < -0.3 is 19.6 Å². The van der Waals surface area contributed by atoms with Gasteiger partial charge in [-0.05, 0) is 31.0 Å². The molecule has 0 spiro atoms. The number of nitrogens with one attached hydrogen (secondary N) is 1. The van der Waals surface area contributed by atoms with Gasteiger partial charge in [-0.1, -0.05) is 51.1 Å². The number of halogens is 2. The maximum Gasteiger partial charge on any atom is 0.146 e. The number of nitrogens with zero attached hydrogens (tertiary/aromatic N) is 3. The predicted molar refractivity (Wildman–Crippen MR) is 140 cm³/mol. The van der Waals surface area contributed by atoms with Crippen LogP contribution in [0.25, 0.3) is 10.9 Å². The van der Waals surface area contributed by atoms with Gasteiger partial charge in [0, 0.05) is 12.5 Å². The highest BCUT2D eigenvalue weighted by Crippen LogP contribution is 2.36. The summed E-state index contributed by atoms with van der Waals surface area (Å²) in [6, 6.07) is 7.74. The Morgan fingerprint density at radius 2 is 1.94 bits per heavy atom. The van der Waals surface area contributed by atoms with Gasteiger partial charge in [0.1, 0.15) is 36.6 Å². The number of hydrogen-bond donors (Lipinski definition) is 1. The zero-order valence-corrected chi connectivity index (χ0v) is 21.0. The quantitative estimate of drug-likeness (QED) is 0.262. The summed E-state index contributed by atoms with van der Waals surface area (Å²) >= 11 is 6.40. The van der Waals surface area contributed by atoms with E-state index in [0.717, 1.165) is 6.42 Å². The minimum atomic E-state index is -0.387. The highest BCUT2D eigenvalue weighted by Gasteiger charge is 2.20. The monoisotopic (exact) mass is 502 g/mol. The molecular weight excluding hydrogens is 471 g/mol. The summed E-state index contributed by atoms with van der Waals surface area (Å²) in [5.74, 6) is 0.485. The van der Waals surface area contributed by atoms with Crippen LogP contribution in [0.4, 0.5) is 21.6 Å². The standard InChI is InChI=1S/C19H16ClFN4O2.C6H14.CH2O/c1-22-12-7-14(20)18-16(8-12)23-10-24-19(18)25-15-3-2-11(21)6-17(15)27-13-4-5-26-9-13;1-3-5-6-4-2;1-2/h2-3,6-8,10,13H,1,4-5,9H2,(H,23,24,25);3-6H2,1-2H3;1H2. The summed E-state index contributed by atoms with van der Waals surface area (Å²) in [4.78, 5) is 20.4. The number of unbranched alkanes of at least 4 members (excludes halogenated alkanes) is 3. The Morgan fingerprint density at radius 3 is 2.57 bits per heavy atom. The fourth-order valence-corrected chi connectivity index (χ4v) is 3.72. The molecule has 3 aromatic rings. The largest absolute Gasteiger partial charge is 0.486 e. The molecule has 2 heterocycles. The molecule has 0 amide bonds. The van der Waals surface area contributed by atoms with E-state index in [9.17, 15) is 4.39 Å². The van der Waals surface area contributed by atoms with E-state index < -0.39 is 0 Å². The molecule has 188 valence electrons. The van der Waals surface area contributed by atoms with Crippen molar-refractivity contribution in [3.8, 4) is 5.75 Å². The molecule has 0 aliphatic carbocycles. The van der Waals surface area contributed by atoms with E-state index >= 15 is 0 Å². The Balaban J connectivity index is 0.000000474. The molecule has 4 rings (SSSR count). The molecular formula is C26H32ClFN4O3. The molecule has 1 atom stereocenters. The van der Waals surface area contributed by atoms with Gasteiger partial charge in [-0.15, -0.1) is 0 Å². The molecule has 1 aliphatic heterocycles. The molecule has 2 aromatic carbocycles. The topological polar surface area (TPSA) is 85.7 Å². The Labute approximate surface area is 210 Å². The first-order chi connectivity index (χ1) is 17.0. The number of anilines is 2. The molecule has 1 fully saturated rings. The van der Waals surface area contributed by atoms with Gasteiger partial charge >= 0.3 is 0 Å². The third-order valence-electron chi connectivity index (χ3n) is 5.19. The lowest BCUT2D eigenvalue weighted by Crippen LogP contribution is -2.16. The van der Waals surface area contributed by atoms with Gasteiger partial charge in [-0.3, -0.25) is 4.99 Å². The van der Waals surface area contributed by atoms with Gasteiger partial charge in [-0.25, -0.2) is 14.4 Å². The van der Waals surface area contributed by atoms with Crippen LogP contribution in [-0.2, 0) is 9.53 Å². The summed E-state index contributed by atoms with van der Waals surface area (Å²) in [5, 5.41) is 4.25. The lowest BCUT2D eigenvalue weighted by atomic mass is 10.2. The van der Waals surface area contributed by atoms with Gasteiger partial charge in [0.05, 0.1) is 40.5 Å². The number of rotatable bonds is 8. The van der Waals surface area contributed by atoms with Crippen molar-refractivity contribution in [3.63, 3.8) is 0 Å². The molecule has 1 saturated heterocycles. The van der Waals surface area contributed by atoms with Crippen molar-refractivity contribution in [2.24, 2.45) is 4.99 Å². The normalized spacial score (nSPS) is 14.3. The van der Waals surface area contributed by atoms with Gasteiger partial charge in [0.25, 0.3) is 0 Å². The van der Waals surface area contributed by atoms with E-state index in [1.54, 1.807) is 18.2 Å². The van der Waals surface area contributed by atoms with Gasteiger partial charge in [0.2, 0.25) is 0 Å². The summed E-state index contributed by atoms with van der Waals surface area (Å²) < 4.78 is 25.0. The van der Waals surface area contributed by atoms with Crippen LogP contribution < -0.4 is 10.1 Å². The fraction of sp³-hybridized carbons (Fsp3) is 0.385. The summed E-state index contributed by atoms with van der Waals surface area (Å²) in [6.45, 7) is 11.1. The number of ether oxygens (including phenoxy) is 2. The van der Waals surface area contributed by atoms with Gasteiger partial charge in [0.15, 0.2) is 0 Å². The van der Waals surface area contributed by atoms with Crippen LogP contribution in [-0.4, -0.2) is 42.8 Å². The Morgan fingerprint density at radius 1 is 1.20 bits per heavy atom. The number of fused-ring (bicyclic) bond motifs is 1. The predicted octanol–water partition coefficient (Wildman–Crippen LogP) is 7.07. The van der Waals surface area contributed by atoms with Gasteiger partial charge in [-0.2, -0.15) is 0 Å². The second kappa shape index (κ2) is 15.0. The first kappa shape index (κ1) is 28.1. The molecule has 35 heavy (non-hydrogen) atoms. The first-order valence-corrected chi connectivity index (χ1v) is 11.9. The molecule has 0 radical (unpaired) electrons. The highest BCUT2D eigenvalue weighted by atomic mass is 35.5. The number of carbonyl (C=O) groups excluding carboxylic acids is 1. The molecule has 0 saturated carbocycles. The summed E-state index contributed by atoms with van der Waals surface area (Å²) in [5.41, 5.74) is 1.81. The average molecular weight is 503 g/mol. The van der Waals surface area contributed by atoms with Crippen molar-refractivity contribution in [3.05, 3.63) is 47.5 Å². The van der Waals surface area contributed by atoms with E-state index in [2.05, 4.69) is 40.8 Å². The van der Waals surface area contributed by atoms with Crippen LogP contribution in [0.2, 0.25) is 5.02 Å². The number of benzene rings is 2. The number of hydrogen-bond acceptors (Lipinski definition) is 7. The van der Waals surface area contributed by atoms with E-state index in [0.29, 0.717) is 52.1 Å². The fourth-order valence-electron chi connectivity index (χ4n) is 3.42. The Kier molecular flexibility index (Phi) is 12.1. The molecule has 7 nitrogen and oxygen atoms in total. The lowest BCUT2D eigenvalue weighted by Gasteiger charge is -2.17. The van der Waals surface area contributed by atoms with Crippen LogP contribution >= 0.6 is 11.6 Å². The molecule has 0 bridgehead atoms. The third kappa shape index (κ3) is 8.26. The molecule has 1 N–H and O–H groups in total. The van der Waals surface area contributed by atoms with Crippen molar-refractivity contribution in [2.75, 3.05) is 18.5 Å². The zero-order chi connectivity index (χ0) is 25.6. The van der Waals surface area contributed by atoms with Crippen LogP contribution in [0.1, 0.15) is 46.0 Å². The summed E-state index contributed by atoms with van der Waals surface area (Å²) in [7, 11) is 0. The molecule has 1 aromatic heterocycles. The third-order valence-corrected chi connectivity index (χ3v) is 5.49. The maximum absolute atomic E-state index is 13.8. The second-order valence-corrected chi connectivity index (χ2v) is 8.19. The van der Waals surface area contributed by atoms with Crippen molar-refractivity contribution >= 4 is 53.2 Å². The SMILES string of the molecule is C=Nc1cc(Cl)c2c(Nc3ccc(F)cc3OC3CCOC3)ncnc2c1.C=O.CCCCCC. The van der Waals surface area contributed by atoms with E-state index in [-0.39, 0.29) is 11.9 Å². The average Bonchev–Trinajstić information content (AvgIpc) is 3.39. The Hall–Kier alpha value is -3.10. The molecule has 9 heteroatoms. The van der Waals surface area contributed by atoms with Crippen LogP contribution in [0.5, 0.6) is 5.75 Å². The first-order valence-electron chi connectivity index (χ1n) is 11.6. The lowest BCUT2D eigenvalue weighted by molar-refractivity contribution is -0.0980. The van der Waals surface area contributed by atoms with Crippen molar-refractivity contribution in [1.82, 2.24) is 9.97 Å². The van der Waals surface area contributed by atoms with Crippen molar-refractivity contribution < 1.29 is 18.7 Å². The van der Waals surface area contributed by atoms with Crippen molar-refractivity contribution in [2.45, 2.75) is 52.1 Å². The van der Waals surface area contributed by atoms with Crippen LogP contribution in [0.15, 0.2) is 41.7 Å². The Bertz CT molecular complexity index is 1090. The van der Waals surface area contributed by atoms with Crippen LogP contribution in [0.3, 0.4) is 0 Å². The zero-order valence-electron chi connectivity index (χ0n) is 20.2. The number of aromatic nitrogens is 2. The number of carbonyl (C=O) groups is 1. The smallest absolute Gasteiger partial charge is 0.146 e. The van der Waals surface area contributed by atoms with Crippen LogP contribution in [0, 0.1) is 5.82 Å². The van der Waals surface area contributed by atoms with E-state index in [1.165, 1.54) is 44.1 Å². The maximum atomic E-state index is 13.8. The minimum absolute atomic E-state index is 0.112. The molecule has 1 unspecified atom stereocenters. The van der Waals surface area contributed by atoms with Crippen molar-refractivity contribution in [1.29, 1.82) is 0 Å². The number of aliphatic imine (C=N–C) groups is 1. The second-order valence-electron chi connectivity index (χ2n) is 7.78. The highest BCUT2D eigenvalue weighted by molar-refractivity contribution is 6.36. The van der Waals surface area contributed by atoms with E-state index in [4.69, 9.17) is 25.9 Å². The van der Waals surface area contributed by atoms with E-state index in [1.807, 2.05) is 6.79 Å². The minimum Gasteiger partial charge on any atom is -0.486 e.